The molecule has 1 rings (SSSR count). The third-order valence-electron chi connectivity index (χ3n) is 5.96. The number of ether oxygens (including phenoxy) is 1. The summed E-state index contributed by atoms with van der Waals surface area (Å²) in [6.45, 7) is 8.00. The smallest absolute Gasteiger partial charge is 0.409 e. The minimum atomic E-state index is -4.23. The molecule has 1 aromatic rings. The van der Waals surface area contributed by atoms with Crippen molar-refractivity contribution in [1.29, 1.82) is 0 Å². The van der Waals surface area contributed by atoms with Crippen molar-refractivity contribution < 1.29 is 26.9 Å². The van der Waals surface area contributed by atoms with E-state index in [4.69, 9.17) is 8.92 Å². The fourth-order valence-corrected chi connectivity index (χ4v) is 4.76. The minimum Gasteiger partial charge on any atom is -0.444 e. The highest BCUT2D eigenvalue weighted by molar-refractivity contribution is 7.85. The molecule has 0 fully saturated rings. The SMILES string of the molecule is CCCCCCCCCCCCCCCC(=O)NS(=O)(=O)Oc1ccc(CCNC(=O)OC(C)(C)C)cc1. The Balaban J connectivity index is 2.15. The molecular weight excluding hydrogens is 504 g/mol. The van der Waals surface area contributed by atoms with Gasteiger partial charge in [0.15, 0.2) is 0 Å². The first-order valence-electron chi connectivity index (χ1n) is 14.3. The van der Waals surface area contributed by atoms with Gasteiger partial charge in [0, 0.05) is 13.0 Å². The zero-order valence-corrected chi connectivity index (χ0v) is 24.8. The predicted octanol–water partition coefficient (Wildman–Crippen LogP) is 6.97. The van der Waals surface area contributed by atoms with Crippen LogP contribution >= 0.6 is 0 Å². The zero-order chi connectivity index (χ0) is 28.3. The van der Waals surface area contributed by atoms with E-state index in [2.05, 4.69) is 12.2 Å². The van der Waals surface area contributed by atoms with E-state index in [0.717, 1.165) is 24.8 Å². The van der Waals surface area contributed by atoms with Gasteiger partial charge in [0.25, 0.3) is 0 Å². The topological polar surface area (TPSA) is 111 Å². The molecule has 2 amide bonds. The van der Waals surface area contributed by atoms with Gasteiger partial charge >= 0.3 is 16.4 Å². The van der Waals surface area contributed by atoms with Crippen LogP contribution in [-0.4, -0.2) is 32.6 Å². The summed E-state index contributed by atoms with van der Waals surface area (Å²) in [5.41, 5.74) is 0.327. The van der Waals surface area contributed by atoms with Gasteiger partial charge in [-0.15, -0.1) is 0 Å². The molecule has 9 heteroatoms. The highest BCUT2D eigenvalue weighted by Gasteiger charge is 2.17. The summed E-state index contributed by atoms with van der Waals surface area (Å²) in [4.78, 5) is 23.7. The molecular formula is C29H50N2O6S. The van der Waals surface area contributed by atoms with E-state index < -0.39 is 27.9 Å². The summed E-state index contributed by atoms with van der Waals surface area (Å²) in [5, 5.41) is 2.67. The fraction of sp³-hybridized carbons (Fsp3) is 0.724. The lowest BCUT2D eigenvalue weighted by molar-refractivity contribution is -0.119. The number of amides is 2. The molecule has 0 heterocycles. The van der Waals surface area contributed by atoms with Crippen molar-refractivity contribution in [2.75, 3.05) is 6.54 Å². The Labute approximate surface area is 230 Å². The molecule has 0 radical (unpaired) electrons. The van der Waals surface area contributed by atoms with Crippen LogP contribution in [0.4, 0.5) is 4.79 Å². The molecule has 0 aromatic heterocycles. The predicted molar refractivity (Wildman–Crippen MR) is 152 cm³/mol. The van der Waals surface area contributed by atoms with E-state index in [9.17, 15) is 18.0 Å². The van der Waals surface area contributed by atoms with Crippen molar-refractivity contribution >= 4 is 22.3 Å². The highest BCUT2D eigenvalue weighted by Crippen LogP contribution is 2.15. The summed E-state index contributed by atoms with van der Waals surface area (Å²) >= 11 is 0. The quantitative estimate of drug-likeness (QED) is 0.168. The molecule has 38 heavy (non-hydrogen) atoms. The third-order valence-corrected chi connectivity index (χ3v) is 6.85. The summed E-state index contributed by atoms with van der Waals surface area (Å²) in [6, 6.07) is 6.44. The van der Waals surface area contributed by atoms with Crippen molar-refractivity contribution in [3.63, 3.8) is 0 Å². The van der Waals surface area contributed by atoms with Crippen LogP contribution in [0.5, 0.6) is 5.75 Å². The Morgan fingerprint density at radius 1 is 0.789 bits per heavy atom. The summed E-state index contributed by atoms with van der Waals surface area (Å²) in [6.07, 6.45) is 15.9. The zero-order valence-electron chi connectivity index (χ0n) is 24.0. The number of rotatable bonds is 20. The van der Waals surface area contributed by atoms with E-state index >= 15 is 0 Å². The molecule has 0 aliphatic heterocycles. The van der Waals surface area contributed by atoms with E-state index in [1.807, 2.05) is 4.72 Å². The first-order chi connectivity index (χ1) is 18.0. The molecule has 0 aliphatic rings. The number of benzene rings is 1. The minimum absolute atomic E-state index is 0.107. The number of carbonyl (C=O) groups is 2. The van der Waals surface area contributed by atoms with Crippen molar-refractivity contribution in [3.8, 4) is 5.75 Å². The van der Waals surface area contributed by atoms with Gasteiger partial charge in [-0.3, -0.25) is 4.79 Å². The fourth-order valence-electron chi connectivity index (χ4n) is 3.98. The molecule has 0 aliphatic carbocycles. The number of carbonyl (C=O) groups excluding carboxylic acids is 2. The lowest BCUT2D eigenvalue weighted by atomic mass is 10.0. The largest absolute Gasteiger partial charge is 0.444 e. The van der Waals surface area contributed by atoms with Crippen molar-refractivity contribution in [3.05, 3.63) is 29.8 Å². The molecule has 8 nitrogen and oxygen atoms in total. The maximum atomic E-state index is 12.2. The second-order valence-corrected chi connectivity index (χ2v) is 12.2. The second kappa shape index (κ2) is 18.9. The van der Waals surface area contributed by atoms with Crippen LogP contribution in [0.2, 0.25) is 0 Å². The Morgan fingerprint density at radius 2 is 1.29 bits per heavy atom. The van der Waals surface area contributed by atoms with Gasteiger partial charge < -0.3 is 14.2 Å². The molecule has 1 aromatic carbocycles. The van der Waals surface area contributed by atoms with Crippen LogP contribution in [-0.2, 0) is 26.3 Å². The lowest BCUT2D eigenvalue weighted by Crippen LogP contribution is -2.34. The van der Waals surface area contributed by atoms with Crippen LogP contribution in [0.3, 0.4) is 0 Å². The standard InChI is InChI=1S/C29H50N2O6S/c1-5-6-7-8-9-10-11-12-13-14-15-16-17-18-27(32)31-38(34,35)37-26-21-19-25(20-22-26)23-24-30-28(33)36-29(2,3)4/h19-22H,5-18,23-24H2,1-4H3,(H,30,33)(H,31,32). The normalized spacial score (nSPS) is 11.7. The van der Waals surface area contributed by atoms with Crippen LogP contribution in [0.15, 0.2) is 24.3 Å². The second-order valence-electron chi connectivity index (χ2n) is 10.9. The molecule has 0 bridgehead atoms. The monoisotopic (exact) mass is 554 g/mol. The molecule has 2 N–H and O–H groups in total. The van der Waals surface area contributed by atoms with Crippen molar-refractivity contribution in [1.82, 2.24) is 10.0 Å². The van der Waals surface area contributed by atoms with E-state index in [0.29, 0.717) is 19.4 Å². The molecule has 218 valence electrons. The molecule has 0 saturated heterocycles. The van der Waals surface area contributed by atoms with E-state index in [1.165, 1.54) is 69.9 Å². The first kappa shape index (κ1) is 33.7. The number of nitrogens with one attached hydrogen (secondary N) is 2. The first-order valence-corrected chi connectivity index (χ1v) is 15.7. The maximum Gasteiger partial charge on any atom is 0.409 e. The van der Waals surface area contributed by atoms with Gasteiger partial charge in [-0.1, -0.05) is 96.1 Å². The van der Waals surface area contributed by atoms with E-state index in [-0.39, 0.29) is 12.2 Å². The van der Waals surface area contributed by atoms with Gasteiger partial charge in [-0.2, -0.15) is 8.42 Å². The van der Waals surface area contributed by atoms with Crippen LogP contribution in [0, 0.1) is 0 Å². The Bertz CT molecular complexity index is 895. The molecule has 0 atom stereocenters. The maximum absolute atomic E-state index is 12.2. The third kappa shape index (κ3) is 18.9. The van der Waals surface area contributed by atoms with Gasteiger partial charge in [-0.05, 0) is 51.3 Å². The average Bonchev–Trinajstić information content (AvgIpc) is 2.81. The highest BCUT2D eigenvalue weighted by atomic mass is 32.2. The summed E-state index contributed by atoms with van der Waals surface area (Å²) in [7, 11) is -4.23. The van der Waals surface area contributed by atoms with Crippen LogP contribution < -0.4 is 14.2 Å². The van der Waals surface area contributed by atoms with Crippen molar-refractivity contribution in [2.24, 2.45) is 0 Å². The van der Waals surface area contributed by atoms with Gasteiger partial charge in [0.1, 0.15) is 11.4 Å². The molecule has 0 spiro atoms. The Kier molecular flexibility index (Phi) is 16.8. The van der Waals surface area contributed by atoms with Gasteiger partial charge in [0.05, 0.1) is 0 Å². The number of hydrogen-bond donors (Lipinski definition) is 2. The summed E-state index contributed by atoms with van der Waals surface area (Å²) < 4.78 is 36.5. The summed E-state index contributed by atoms with van der Waals surface area (Å²) in [5.74, 6) is -0.451. The van der Waals surface area contributed by atoms with E-state index in [1.54, 1.807) is 32.9 Å². The molecule has 0 unspecified atom stereocenters. The number of unbranched alkanes of at least 4 members (excludes halogenated alkanes) is 12. The molecule has 0 saturated carbocycles. The lowest BCUT2D eigenvalue weighted by Gasteiger charge is -2.19. The van der Waals surface area contributed by atoms with Gasteiger partial charge in [-0.25, -0.2) is 9.52 Å². The van der Waals surface area contributed by atoms with Crippen molar-refractivity contribution in [2.45, 2.75) is 130 Å². The Hall–Kier alpha value is -2.29. The average molecular weight is 555 g/mol. The van der Waals surface area contributed by atoms with Gasteiger partial charge in [0.2, 0.25) is 5.91 Å². The van der Waals surface area contributed by atoms with Crippen LogP contribution in [0.1, 0.15) is 123 Å². The number of hydrogen-bond acceptors (Lipinski definition) is 6. The number of alkyl carbamates (subject to hydrolysis) is 1. The Morgan fingerprint density at radius 3 is 1.79 bits per heavy atom. The van der Waals surface area contributed by atoms with Crippen LogP contribution in [0.25, 0.3) is 0 Å².